The molecule has 0 saturated heterocycles. The minimum absolute atomic E-state index is 0.00724. The molecule has 7 nitrogen and oxygen atoms in total. The highest BCUT2D eigenvalue weighted by atomic mass is 16.5. The zero-order valence-electron chi connectivity index (χ0n) is 16.1. The number of carbonyl (C=O) groups is 2. The maximum atomic E-state index is 11.6. The maximum absolute atomic E-state index is 11.6. The van der Waals surface area contributed by atoms with Gasteiger partial charge in [-0.2, -0.15) is 0 Å². The highest BCUT2D eigenvalue weighted by Gasteiger charge is 2.18. The Morgan fingerprint density at radius 2 is 1.86 bits per heavy atom. The molecular formula is C22H23N3O4. The van der Waals surface area contributed by atoms with Gasteiger partial charge in [0.2, 0.25) is 5.91 Å². The standard InChI is InChI=1S/C22H23N3O4/c1-29-20-5-3-2-4-17(20)19-10-7-16(8-11-21(26)27)25(19)18-9-6-14(22(24)28)12-15(18)13-23/h2-7,9-10,12H,8,11,13,23H2,1H3,(H2,24,28)(H,26,27). The molecule has 0 aliphatic heterocycles. The Balaban J connectivity index is 2.24. The summed E-state index contributed by atoms with van der Waals surface area (Å²) < 4.78 is 7.48. The topological polar surface area (TPSA) is 121 Å². The number of nitrogens with zero attached hydrogens (tertiary/aromatic N) is 1. The number of rotatable bonds is 8. The third-order valence-corrected chi connectivity index (χ3v) is 4.76. The lowest BCUT2D eigenvalue weighted by Crippen LogP contribution is -2.14. The van der Waals surface area contributed by atoms with Crippen molar-refractivity contribution >= 4 is 11.9 Å². The molecule has 0 aliphatic rings. The number of carboxylic acids is 1. The fourth-order valence-corrected chi connectivity index (χ4v) is 3.38. The first kappa shape index (κ1) is 20.2. The van der Waals surface area contributed by atoms with Gasteiger partial charge in [0.05, 0.1) is 24.9 Å². The van der Waals surface area contributed by atoms with Crippen LogP contribution < -0.4 is 16.2 Å². The Morgan fingerprint density at radius 3 is 2.52 bits per heavy atom. The van der Waals surface area contributed by atoms with Crippen molar-refractivity contribution in [2.75, 3.05) is 7.11 Å². The first-order chi connectivity index (χ1) is 14.0. The molecule has 0 radical (unpaired) electrons. The van der Waals surface area contributed by atoms with E-state index in [0.29, 0.717) is 17.7 Å². The van der Waals surface area contributed by atoms with E-state index in [1.807, 2.05) is 41.0 Å². The summed E-state index contributed by atoms with van der Waals surface area (Å²) in [4.78, 5) is 22.7. The molecule has 3 aromatic rings. The van der Waals surface area contributed by atoms with Gasteiger partial charge in [-0.1, -0.05) is 12.1 Å². The maximum Gasteiger partial charge on any atom is 0.303 e. The Bertz CT molecular complexity index is 1060. The van der Waals surface area contributed by atoms with E-state index in [1.54, 1.807) is 25.3 Å². The fraction of sp³-hybridized carbons (Fsp3) is 0.182. The SMILES string of the molecule is COc1ccccc1-c1ccc(CCC(=O)O)n1-c1ccc(C(N)=O)cc1CN. The Kier molecular flexibility index (Phi) is 5.99. The second-order valence-corrected chi connectivity index (χ2v) is 6.55. The number of hydrogen-bond donors (Lipinski definition) is 3. The molecule has 0 aliphatic carbocycles. The summed E-state index contributed by atoms with van der Waals surface area (Å²) in [6.07, 6.45) is 0.332. The van der Waals surface area contributed by atoms with E-state index in [2.05, 4.69) is 0 Å². The molecular weight excluding hydrogens is 370 g/mol. The van der Waals surface area contributed by atoms with E-state index in [0.717, 1.165) is 28.2 Å². The summed E-state index contributed by atoms with van der Waals surface area (Å²) in [5.41, 5.74) is 15.7. The summed E-state index contributed by atoms with van der Waals surface area (Å²) in [5.74, 6) is -0.714. The number of nitrogens with two attached hydrogens (primary N) is 2. The van der Waals surface area contributed by atoms with Crippen LogP contribution >= 0.6 is 0 Å². The number of aromatic nitrogens is 1. The van der Waals surface area contributed by atoms with Gasteiger partial charge < -0.3 is 25.9 Å². The molecule has 0 spiro atoms. The van der Waals surface area contributed by atoms with Crippen molar-refractivity contribution in [1.82, 2.24) is 4.57 Å². The number of carbonyl (C=O) groups excluding carboxylic acids is 1. The van der Waals surface area contributed by atoms with Gasteiger partial charge in [0, 0.05) is 23.4 Å². The van der Waals surface area contributed by atoms with Crippen LogP contribution in [0.25, 0.3) is 16.9 Å². The average molecular weight is 393 g/mol. The van der Waals surface area contributed by atoms with E-state index in [-0.39, 0.29) is 13.0 Å². The van der Waals surface area contributed by atoms with Crippen molar-refractivity contribution in [3.63, 3.8) is 0 Å². The number of para-hydroxylation sites is 1. The summed E-state index contributed by atoms with van der Waals surface area (Å²) in [5, 5.41) is 9.14. The molecule has 0 atom stereocenters. The van der Waals surface area contributed by atoms with E-state index >= 15 is 0 Å². The highest BCUT2D eigenvalue weighted by molar-refractivity contribution is 5.93. The van der Waals surface area contributed by atoms with E-state index in [4.69, 9.17) is 21.3 Å². The zero-order valence-corrected chi connectivity index (χ0v) is 16.1. The number of benzene rings is 2. The predicted molar refractivity (Wildman–Crippen MR) is 110 cm³/mol. The molecule has 0 unspecified atom stereocenters. The van der Waals surface area contributed by atoms with Gasteiger partial charge in [-0.05, 0) is 54.4 Å². The quantitative estimate of drug-likeness (QED) is 0.543. The number of aryl methyl sites for hydroxylation is 1. The van der Waals surface area contributed by atoms with Crippen LogP contribution in [0.2, 0.25) is 0 Å². The molecule has 7 heteroatoms. The molecule has 0 saturated carbocycles. The smallest absolute Gasteiger partial charge is 0.303 e. The van der Waals surface area contributed by atoms with Crippen LogP contribution in [0.4, 0.5) is 0 Å². The van der Waals surface area contributed by atoms with Crippen molar-refractivity contribution in [2.45, 2.75) is 19.4 Å². The Labute approximate surface area is 168 Å². The second kappa shape index (κ2) is 8.62. The lowest BCUT2D eigenvalue weighted by atomic mass is 10.1. The number of ether oxygens (including phenoxy) is 1. The molecule has 1 heterocycles. The predicted octanol–water partition coefficient (Wildman–Crippen LogP) is 2.73. The van der Waals surface area contributed by atoms with Crippen molar-refractivity contribution in [2.24, 2.45) is 11.5 Å². The second-order valence-electron chi connectivity index (χ2n) is 6.55. The van der Waals surface area contributed by atoms with Gasteiger partial charge in [-0.3, -0.25) is 9.59 Å². The average Bonchev–Trinajstić information content (AvgIpc) is 3.15. The monoisotopic (exact) mass is 393 g/mol. The summed E-state index contributed by atoms with van der Waals surface area (Å²) >= 11 is 0. The summed E-state index contributed by atoms with van der Waals surface area (Å²) in [7, 11) is 1.60. The van der Waals surface area contributed by atoms with Crippen LogP contribution in [0.1, 0.15) is 28.0 Å². The van der Waals surface area contributed by atoms with Gasteiger partial charge >= 0.3 is 5.97 Å². The van der Waals surface area contributed by atoms with Crippen LogP contribution in [0.15, 0.2) is 54.6 Å². The molecule has 1 aromatic heterocycles. The molecule has 0 bridgehead atoms. The lowest BCUT2D eigenvalue weighted by Gasteiger charge is -2.19. The van der Waals surface area contributed by atoms with E-state index in [1.165, 1.54) is 0 Å². The van der Waals surface area contributed by atoms with E-state index in [9.17, 15) is 9.59 Å². The van der Waals surface area contributed by atoms with Crippen LogP contribution in [0.5, 0.6) is 5.75 Å². The number of amides is 1. The molecule has 3 rings (SSSR count). The van der Waals surface area contributed by atoms with Crippen LogP contribution in [0, 0.1) is 0 Å². The first-order valence-corrected chi connectivity index (χ1v) is 9.15. The van der Waals surface area contributed by atoms with Crippen molar-refractivity contribution < 1.29 is 19.4 Å². The van der Waals surface area contributed by atoms with Crippen LogP contribution in [0.3, 0.4) is 0 Å². The number of hydrogen-bond acceptors (Lipinski definition) is 4. The van der Waals surface area contributed by atoms with Crippen molar-refractivity contribution in [3.05, 3.63) is 71.4 Å². The Hall–Kier alpha value is -3.58. The zero-order chi connectivity index (χ0) is 21.0. The van der Waals surface area contributed by atoms with Gasteiger partial charge in [0.15, 0.2) is 0 Å². The number of methoxy groups -OCH3 is 1. The highest BCUT2D eigenvalue weighted by Crippen LogP contribution is 2.34. The molecule has 0 fully saturated rings. The van der Waals surface area contributed by atoms with Gasteiger partial charge in [0.25, 0.3) is 0 Å². The molecule has 1 amide bonds. The number of primary amides is 1. The fourth-order valence-electron chi connectivity index (χ4n) is 3.38. The molecule has 2 aromatic carbocycles. The minimum atomic E-state index is -0.875. The first-order valence-electron chi connectivity index (χ1n) is 9.15. The Morgan fingerprint density at radius 1 is 1.10 bits per heavy atom. The third kappa shape index (κ3) is 4.14. The minimum Gasteiger partial charge on any atom is -0.496 e. The lowest BCUT2D eigenvalue weighted by molar-refractivity contribution is -0.136. The summed E-state index contributed by atoms with van der Waals surface area (Å²) in [6.45, 7) is 0.193. The molecule has 29 heavy (non-hydrogen) atoms. The van der Waals surface area contributed by atoms with Gasteiger partial charge in [0.1, 0.15) is 5.75 Å². The summed E-state index contributed by atoms with van der Waals surface area (Å²) in [6, 6.07) is 16.5. The normalized spacial score (nSPS) is 10.7. The van der Waals surface area contributed by atoms with Gasteiger partial charge in [-0.15, -0.1) is 0 Å². The molecule has 150 valence electrons. The van der Waals surface area contributed by atoms with E-state index < -0.39 is 11.9 Å². The van der Waals surface area contributed by atoms with Crippen LogP contribution in [-0.4, -0.2) is 28.7 Å². The number of aliphatic carboxylic acids is 1. The number of carboxylic acid groups (broad SMARTS) is 1. The van der Waals surface area contributed by atoms with Gasteiger partial charge in [-0.25, -0.2) is 0 Å². The molecule has 5 N–H and O–H groups in total. The third-order valence-electron chi connectivity index (χ3n) is 4.76. The largest absolute Gasteiger partial charge is 0.496 e. The van der Waals surface area contributed by atoms with Crippen molar-refractivity contribution in [3.8, 4) is 22.7 Å². The van der Waals surface area contributed by atoms with Crippen LogP contribution in [-0.2, 0) is 17.8 Å². The van der Waals surface area contributed by atoms with Crippen molar-refractivity contribution in [1.29, 1.82) is 0 Å².